The lowest BCUT2D eigenvalue weighted by Crippen LogP contribution is -2.25. The van der Waals surface area contributed by atoms with Crippen LogP contribution in [0.25, 0.3) is 55.6 Å². The van der Waals surface area contributed by atoms with E-state index in [4.69, 9.17) is 4.74 Å². The quantitative estimate of drug-likeness (QED) is 0.170. The highest BCUT2D eigenvalue weighted by Gasteiger charge is 2.46. The summed E-state index contributed by atoms with van der Waals surface area (Å²) < 4.78 is 7.39. The summed E-state index contributed by atoms with van der Waals surface area (Å²) in [5.41, 5.74) is 28.7. The summed E-state index contributed by atoms with van der Waals surface area (Å²) in [7, 11) is 0. The summed E-state index contributed by atoms with van der Waals surface area (Å²) in [4.78, 5) is 10.6. The number of anilines is 3. The highest BCUT2D eigenvalue weighted by atomic mass is 32.2. The first-order valence-electron chi connectivity index (χ1n) is 30.4. The van der Waals surface area contributed by atoms with Crippen LogP contribution in [0.15, 0.2) is 242 Å². The van der Waals surface area contributed by atoms with Gasteiger partial charge in [0.15, 0.2) is 0 Å². The predicted molar refractivity (Wildman–Crippen MR) is 361 cm³/mol. The van der Waals surface area contributed by atoms with Gasteiger partial charge in [0.25, 0.3) is 0 Å². The Labute approximate surface area is 519 Å². The third-order valence-electron chi connectivity index (χ3n) is 20.7. The lowest BCUT2D eigenvalue weighted by atomic mass is 9.73. The minimum atomic E-state index is -0.289. The fourth-order valence-electron chi connectivity index (χ4n) is 15.9. The van der Waals surface area contributed by atoms with Crippen molar-refractivity contribution in [3.8, 4) is 67.1 Å². The summed E-state index contributed by atoms with van der Waals surface area (Å²) in [6.45, 7) is 23.8. The summed E-state index contributed by atoms with van der Waals surface area (Å²) in [5, 5.41) is 0. The summed E-state index contributed by atoms with van der Waals surface area (Å²) in [6, 6.07) is 80.7. The molecule has 3 heterocycles. The molecule has 0 saturated heterocycles. The molecule has 0 aromatic heterocycles. The van der Waals surface area contributed by atoms with Crippen LogP contribution >= 0.6 is 35.3 Å². The average Bonchev–Trinajstić information content (AvgIpc) is 1.56. The predicted octanol–water partition coefficient (Wildman–Crippen LogP) is 23.2. The van der Waals surface area contributed by atoms with Gasteiger partial charge in [-0.25, -0.2) is 0 Å². The van der Waals surface area contributed by atoms with Crippen LogP contribution in [0.4, 0.5) is 17.1 Å². The van der Waals surface area contributed by atoms with Crippen molar-refractivity contribution in [2.45, 2.75) is 126 Å². The zero-order chi connectivity index (χ0) is 58.6. The molecule has 11 aromatic carbocycles. The van der Waals surface area contributed by atoms with Crippen molar-refractivity contribution in [2.75, 3.05) is 4.90 Å². The largest absolute Gasteiger partial charge is 0.455 e. The van der Waals surface area contributed by atoms with E-state index in [0.29, 0.717) is 0 Å². The standard InChI is InChI=1S/C81H65NOS3/c1-77(2)56-23-13-11-19-53(56)69-59(77)39-41-63-73(69)83-72-51(21-17-26-62(72)81(63,9)10)46-29-33-48(34-30-46)82(50-37-38-55-65(45-50)80(7,8)60-40-42-64-75(70(55)60)85-66-27-16-15-25-58(66)79(64,5)6)49-35-31-47(32-36-49)52-22-18-28-67-74(52)86-76-68(84-67)44-43-61-71(76)54-20-12-14-24-57(54)78(61,3)4/h11-45H,1-10H3. The van der Waals surface area contributed by atoms with Gasteiger partial charge in [0, 0.05) is 107 Å². The van der Waals surface area contributed by atoms with Crippen LogP contribution in [0.3, 0.4) is 0 Å². The maximum Gasteiger partial charge on any atom is 0.139 e. The molecule has 0 amide bonds. The van der Waals surface area contributed by atoms with Gasteiger partial charge in [-0.05, 0) is 132 Å². The number of hydrogen-bond acceptors (Lipinski definition) is 5. The molecular weight excluding hydrogens is 1100 g/mol. The van der Waals surface area contributed by atoms with Gasteiger partial charge in [-0.15, -0.1) is 0 Å². The SMILES string of the molecule is CC1(C)c2cccc(-c3ccc(N(c4ccc(-c5cccc6c5Sc5c(ccc7c5-c5ccccc5C7(C)C)S6)cc4)c4ccc5c(c4)C(C)(C)c4ccc6c(c4-5)Sc4ccccc4C6(C)C)cc3)c2Oc2c1ccc1c2-c2ccccc2C1(C)C. The molecule has 0 unspecified atom stereocenters. The number of ether oxygens (including phenoxy) is 1. The number of hydrogen-bond donors (Lipinski definition) is 0. The molecule has 0 N–H and O–H groups in total. The van der Waals surface area contributed by atoms with E-state index in [0.717, 1.165) is 39.7 Å². The van der Waals surface area contributed by atoms with Crippen LogP contribution in [-0.2, 0) is 27.1 Å². The van der Waals surface area contributed by atoms with Crippen LogP contribution in [-0.4, -0.2) is 0 Å². The maximum atomic E-state index is 7.39. The lowest BCUT2D eigenvalue weighted by Gasteiger charge is -2.37. The molecule has 0 radical (unpaired) electrons. The van der Waals surface area contributed by atoms with Gasteiger partial charge < -0.3 is 9.64 Å². The third-order valence-corrected chi connectivity index (χ3v) is 24.5. The highest BCUT2D eigenvalue weighted by molar-refractivity contribution is 8.05. The number of para-hydroxylation sites is 1. The van der Waals surface area contributed by atoms with Crippen molar-refractivity contribution in [2.24, 2.45) is 0 Å². The second kappa shape index (κ2) is 18.1. The van der Waals surface area contributed by atoms with Gasteiger partial charge in [-0.2, -0.15) is 0 Å². The molecule has 0 bridgehead atoms. The lowest BCUT2D eigenvalue weighted by molar-refractivity contribution is 0.420. The van der Waals surface area contributed by atoms with Crippen LogP contribution < -0.4 is 9.64 Å². The third kappa shape index (κ3) is 7.14. The van der Waals surface area contributed by atoms with Crippen LogP contribution in [0.5, 0.6) is 11.5 Å². The number of rotatable bonds is 5. The molecule has 0 saturated carbocycles. The monoisotopic (exact) mass is 1160 g/mol. The zero-order valence-corrected chi connectivity index (χ0v) is 52.7. The molecule has 2 nitrogen and oxygen atoms in total. The van der Waals surface area contributed by atoms with Gasteiger partial charge >= 0.3 is 0 Å². The first-order chi connectivity index (χ1) is 41.4. The fraction of sp³-hybridized carbons (Fsp3) is 0.185. The van der Waals surface area contributed by atoms with Crippen molar-refractivity contribution < 1.29 is 4.74 Å². The Morgan fingerprint density at radius 1 is 0.267 bits per heavy atom. The Morgan fingerprint density at radius 3 is 1.41 bits per heavy atom. The highest BCUT2D eigenvalue weighted by Crippen LogP contribution is 2.64. The zero-order valence-electron chi connectivity index (χ0n) is 50.3. The number of fused-ring (bicyclic) bond motifs is 18. The molecular formula is C81H65NOS3. The first-order valence-corrected chi connectivity index (χ1v) is 32.8. The van der Waals surface area contributed by atoms with Gasteiger partial charge in [-0.1, -0.05) is 262 Å². The Kier molecular flexibility index (Phi) is 11.0. The molecule has 0 atom stereocenters. The molecule has 86 heavy (non-hydrogen) atoms. The Hall–Kier alpha value is -7.93. The minimum Gasteiger partial charge on any atom is -0.455 e. The van der Waals surface area contributed by atoms with Crippen molar-refractivity contribution in [3.05, 3.63) is 268 Å². The Balaban J connectivity index is 0.778. The van der Waals surface area contributed by atoms with E-state index in [1.165, 1.54) is 130 Å². The molecule has 0 spiro atoms. The average molecular weight is 1160 g/mol. The number of benzene rings is 11. The van der Waals surface area contributed by atoms with Crippen LogP contribution in [0.2, 0.25) is 0 Å². The molecule has 17 rings (SSSR count). The van der Waals surface area contributed by atoms with Crippen molar-refractivity contribution in [1.82, 2.24) is 0 Å². The molecule has 3 aliphatic carbocycles. The van der Waals surface area contributed by atoms with E-state index < -0.39 is 0 Å². The summed E-state index contributed by atoms with van der Waals surface area (Å²) in [5.74, 6) is 1.93. The first kappa shape index (κ1) is 52.4. The second-order valence-corrected chi connectivity index (χ2v) is 30.3. The van der Waals surface area contributed by atoms with E-state index in [1.54, 1.807) is 0 Å². The van der Waals surface area contributed by atoms with Crippen LogP contribution in [0, 0.1) is 0 Å². The van der Waals surface area contributed by atoms with Gasteiger partial charge in [0.05, 0.1) is 0 Å². The smallest absolute Gasteiger partial charge is 0.139 e. The molecule has 11 aromatic rings. The topological polar surface area (TPSA) is 12.5 Å². The number of nitrogens with zero attached hydrogens (tertiary/aromatic N) is 1. The molecule has 6 aliphatic rings. The second-order valence-electron chi connectivity index (χ2n) is 27.1. The molecule has 418 valence electrons. The van der Waals surface area contributed by atoms with E-state index >= 15 is 0 Å². The molecule has 0 fully saturated rings. The normalized spacial score (nSPS) is 16.9. The van der Waals surface area contributed by atoms with Gasteiger partial charge in [-0.3, -0.25) is 0 Å². The maximum absolute atomic E-state index is 7.39. The van der Waals surface area contributed by atoms with Crippen molar-refractivity contribution in [3.63, 3.8) is 0 Å². The van der Waals surface area contributed by atoms with E-state index in [9.17, 15) is 0 Å². The summed E-state index contributed by atoms with van der Waals surface area (Å²) >= 11 is 5.82. The van der Waals surface area contributed by atoms with Crippen LogP contribution in [0.1, 0.15) is 125 Å². The van der Waals surface area contributed by atoms with E-state index in [-0.39, 0.29) is 27.1 Å². The Bertz CT molecular complexity index is 4790. The molecule has 3 aliphatic heterocycles. The van der Waals surface area contributed by atoms with Gasteiger partial charge in [0.1, 0.15) is 11.5 Å². The molecule has 5 heteroatoms. The fourth-order valence-corrected chi connectivity index (χ4v) is 20.1. The van der Waals surface area contributed by atoms with E-state index in [1.807, 2.05) is 35.3 Å². The van der Waals surface area contributed by atoms with Crippen molar-refractivity contribution in [1.29, 1.82) is 0 Å². The van der Waals surface area contributed by atoms with Crippen molar-refractivity contribution >= 4 is 52.3 Å². The minimum absolute atomic E-state index is 0.0549. The van der Waals surface area contributed by atoms with Gasteiger partial charge in [0.2, 0.25) is 0 Å². The Morgan fingerprint density at radius 2 is 0.709 bits per heavy atom. The van der Waals surface area contributed by atoms with E-state index in [2.05, 4.69) is 286 Å². The summed E-state index contributed by atoms with van der Waals surface area (Å²) in [6.07, 6.45) is 0.